The van der Waals surface area contributed by atoms with E-state index in [0.717, 1.165) is 16.9 Å². The molecule has 1 aromatic rings. The second kappa shape index (κ2) is 5.07. The summed E-state index contributed by atoms with van der Waals surface area (Å²) in [4.78, 5) is 0. The first-order chi connectivity index (χ1) is 7.77. The molecular formula is C14H23NO2. The van der Waals surface area contributed by atoms with Crippen LogP contribution in [0.2, 0.25) is 0 Å². The molecule has 17 heavy (non-hydrogen) atoms. The summed E-state index contributed by atoms with van der Waals surface area (Å²) in [6.07, 6.45) is -0.675. The van der Waals surface area contributed by atoms with Crippen molar-refractivity contribution in [1.29, 1.82) is 0 Å². The van der Waals surface area contributed by atoms with Crippen molar-refractivity contribution in [1.82, 2.24) is 0 Å². The van der Waals surface area contributed by atoms with Crippen LogP contribution in [-0.2, 0) is 0 Å². The van der Waals surface area contributed by atoms with Crippen LogP contribution in [0.15, 0.2) is 18.2 Å². The topological polar surface area (TPSA) is 55.5 Å². The van der Waals surface area contributed by atoms with E-state index in [1.807, 2.05) is 32.0 Å². The molecule has 0 aliphatic carbocycles. The highest BCUT2D eigenvalue weighted by molar-refractivity contribution is 5.40. The van der Waals surface area contributed by atoms with E-state index in [0.29, 0.717) is 5.92 Å². The highest BCUT2D eigenvalue weighted by Gasteiger charge is 2.25. The van der Waals surface area contributed by atoms with Gasteiger partial charge in [0.1, 0.15) is 5.75 Å². The molecule has 1 rings (SSSR count). The lowest BCUT2D eigenvalue weighted by Crippen LogP contribution is -2.39. The highest BCUT2D eigenvalue weighted by atomic mass is 16.5. The van der Waals surface area contributed by atoms with Gasteiger partial charge in [-0.15, -0.1) is 0 Å². The first kappa shape index (κ1) is 14.0. The molecule has 1 atom stereocenters. The summed E-state index contributed by atoms with van der Waals surface area (Å²) in [7, 11) is 1.66. The largest absolute Gasteiger partial charge is 0.496 e. The smallest absolute Gasteiger partial charge is 0.122 e. The van der Waals surface area contributed by atoms with Crippen LogP contribution < -0.4 is 10.5 Å². The minimum Gasteiger partial charge on any atom is -0.496 e. The van der Waals surface area contributed by atoms with Crippen molar-refractivity contribution in [2.45, 2.75) is 45.3 Å². The van der Waals surface area contributed by atoms with E-state index in [1.54, 1.807) is 7.11 Å². The molecule has 1 aromatic carbocycles. The molecule has 0 aromatic heterocycles. The van der Waals surface area contributed by atoms with Gasteiger partial charge in [-0.25, -0.2) is 0 Å². The van der Waals surface area contributed by atoms with Crippen LogP contribution >= 0.6 is 0 Å². The predicted octanol–water partition coefficient (Wildman–Crippen LogP) is 2.59. The summed E-state index contributed by atoms with van der Waals surface area (Å²) in [5.74, 6) is 1.20. The fourth-order valence-corrected chi connectivity index (χ4v) is 1.80. The number of ether oxygens (including phenoxy) is 1. The number of nitrogens with two attached hydrogens (primary N) is 1. The molecule has 0 fully saturated rings. The van der Waals surface area contributed by atoms with Gasteiger partial charge in [0.2, 0.25) is 0 Å². The molecule has 0 saturated heterocycles. The quantitative estimate of drug-likeness (QED) is 0.846. The number of aliphatic hydroxyl groups excluding tert-OH is 1. The molecule has 3 N–H and O–H groups in total. The van der Waals surface area contributed by atoms with E-state index < -0.39 is 11.6 Å². The van der Waals surface area contributed by atoms with Gasteiger partial charge in [0, 0.05) is 5.54 Å². The van der Waals surface area contributed by atoms with Crippen molar-refractivity contribution < 1.29 is 9.84 Å². The SMILES string of the molecule is COc1ccc(C(O)C(C)(C)N)cc1C(C)C. The third kappa shape index (κ3) is 3.20. The van der Waals surface area contributed by atoms with Crippen LogP contribution in [0.1, 0.15) is 50.8 Å². The van der Waals surface area contributed by atoms with Gasteiger partial charge in [-0.1, -0.05) is 19.9 Å². The van der Waals surface area contributed by atoms with Crippen LogP contribution in [0.25, 0.3) is 0 Å². The summed E-state index contributed by atoms with van der Waals surface area (Å²) < 4.78 is 5.31. The Bertz CT molecular complexity index is 380. The minimum atomic E-state index is -0.675. The molecule has 0 amide bonds. The number of methoxy groups -OCH3 is 1. The molecule has 0 bridgehead atoms. The maximum Gasteiger partial charge on any atom is 0.122 e. The molecule has 0 saturated carbocycles. The highest BCUT2D eigenvalue weighted by Crippen LogP contribution is 2.31. The Labute approximate surface area is 104 Å². The van der Waals surface area contributed by atoms with Gasteiger partial charge in [0.15, 0.2) is 0 Å². The molecule has 0 aliphatic rings. The number of hydrogen-bond acceptors (Lipinski definition) is 3. The normalized spacial score (nSPS) is 13.9. The Morgan fingerprint density at radius 3 is 2.29 bits per heavy atom. The standard InChI is InChI=1S/C14H23NO2/c1-9(2)11-8-10(6-7-12(11)17-5)13(16)14(3,4)15/h6-9,13,16H,15H2,1-5H3. The van der Waals surface area contributed by atoms with Gasteiger partial charge in [-0.3, -0.25) is 0 Å². The summed E-state index contributed by atoms with van der Waals surface area (Å²) >= 11 is 0. The Morgan fingerprint density at radius 1 is 1.29 bits per heavy atom. The predicted molar refractivity (Wildman–Crippen MR) is 70.3 cm³/mol. The molecule has 1 unspecified atom stereocenters. The monoisotopic (exact) mass is 237 g/mol. The van der Waals surface area contributed by atoms with E-state index in [-0.39, 0.29) is 0 Å². The Balaban J connectivity index is 3.17. The zero-order chi connectivity index (χ0) is 13.2. The molecule has 0 aliphatic heterocycles. The Morgan fingerprint density at radius 2 is 1.88 bits per heavy atom. The first-order valence-corrected chi connectivity index (χ1v) is 5.92. The third-order valence-electron chi connectivity index (χ3n) is 2.90. The van der Waals surface area contributed by atoms with Gasteiger partial charge in [0.25, 0.3) is 0 Å². The zero-order valence-corrected chi connectivity index (χ0v) is 11.3. The lowest BCUT2D eigenvalue weighted by molar-refractivity contribution is 0.104. The van der Waals surface area contributed by atoms with Gasteiger partial charge in [-0.2, -0.15) is 0 Å². The average Bonchev–Trinajstić information content (AvgIpc) is 2.25. The molecule has 0 spiro atoms. The Hall–Kier alpha value is -1.06. The summed E-state index contributed by atoms with van der Waals surface area (Å²) in [5, 5.41) is 10.2. The van der Waals surface area contributed by atoms with Crippen molar-refractivity contribution in [2.75, 3.05) is 7.11 Å². The zero-order valence-electron chi connectivity index (χ0n) is 11.3. The second-order valence-corrected chi connectivity index (χ2v) is 5.38. The van der Waals surface area contributed by atoms with Gasteiger partial charge < -0.3 is 15.6 Å². The summed E-state index contributed by atoms with van der Waals surface area (Å²) in [6.45, 7) is 7.83. The lowest BCUT2D eigenvalue weighted by Gasteiger charge is -2.27. The maximum atomic E-state index is 10.2. The van der Waals surface area contributed by atoms with Gasteiger partial charge >= 0.3 is 0 Å². The van der Waals surface area contributed by atoms with Crippen LogP contribution in [-0.4, -0.2) is 17.8 Å². The van der Waals surface area contributed by atoms with Crippen molar-refractivity contribution in [3.63, 3.8) is 0 Å². The van der Waals surface area contributed by atoms with Crippen molar-refractivity contribution in [3.8, 4) is 5.75 Å². The fraction of sp³-hybridized carbons (Fsp3) is 0.571. The van der Waals surface area contributed by atoms with E-state index >= 15 is 0 Å². The fourth-order valence-electron chi connectivity index (χ4n) is 1.80. The van der Waals surface area contributed by atoms with Gasteiger partial charge in [0.05, 0.1) is 13.2 Å². The van der Waals surface area contributed by atoms with Crippen molar-refractivity contribution in [3.05, 3.63) is 29.3 Å². The first-order valence-electron chi connectivity index (χ1n) is 5.92. The maximum absolute atomic E-state index is 10.2. The van der Waals surface area contributed by atoms with Crippen LogP contribution in [0.4, 0.5) is 0 Å². The average molecular weight is 237 g/mol. The van der Waals surface area contributed by atoms with E-state index in [4.69, 9.17) is 10.5 Å². The number of hydrogen-bond donors (Lipinski definition) is 2. The van der Waals surface area contributed by atoms with E-state index in [2.05, 4.69) is 13.8 Å². The van der Waals surface area contributed by atoms with E-state index in [1.165, 1.54) is 0 Å². The van der Waals surface area contributed by atoms with Crippen LogP contribution in [0, 0.1) is 0 Å². The van der Waals surface area contributed by atoms with Gasteiger partial charge in [-0.05, 0) is 43.0 Å². The molecule has 0 heterocycles. The van der Waals surface area contributed by atoms with E-state index in [9.17, 15) is 5.11 Å². The number of benzene rings is 1. The number of rotatable bonds is 4. The summed E-state index contributed by atoms with van der Waals surface area (Å²) in [6, 6.07) is 5.73. The van der Waals surface area contributed by atoms with Crippen molar-refractivity contribution >= 4 is 0 Å². The molecule has 3 heteroatoms. The molecule has 3 nitrogen and oxygen atoms in total. The summed E-state index contributed by atoms with van der Waals surface area (Å²) in [5.41, 5.74) is 7.20. The van der Waals surface area contributed by atoms with Crippen LogP contribution in [0.5, 0.6) is 5.75 Å². The Kier molecular flexibility index (Phi) is 4.17. The van der Waals surface area contributed by atoms with Crippen LogP contribution in [0.3, 0.4) is 0 Å². The molecular weight excluding hydrogens is 214 g/mol. The minimum absolute atomic E-state index is 0.345. The lowest BCUT2D eigenvalue weighted by atomic mass is 9.89. The number of aliphatic hydroxyl groups is 1. The van der Waals surface area contributed by atoms with Crippen molar-refractivity contribution in [2.24, 2.45) is 5.73 Å². The molecule has 96 valence electrons. The third-order valence-corrected chi connectivity index (χ3v) is 2.90. The molecule has 0 radical (unpaired) electrons. The second-order valence-electron chi connectivity index (χ2n) is 5.38.